The number of benzene rings is 1. The zero-order chi connectivity index (χ0) is 11.5. The van der Waals surface area contributed by atoms with Gasteiger partial charge in [-0.05, 0) is 31.9 Å². The van der Waals surface area contributed by atoms with Crippen molar-refractivity contribution in [1.29, 1.82) is 0 Å². The van der Waals surface area contributed by atoms with Gasteiger partial charge in [0.15, 0.2) is 0 Å². The summed E-state index contributed by atoms with van der Waals surface area (Å²) in [7, 11) is 3.33. The molecule has 3 heteroatoms. The van der Waals surface area contributed by atoms with Gasteiger partial charge in [-0.2, -0.15) is 0 Å². The number of ether oxygens (including phenoxy) is 2. The molecule has 0 aliphatic carbocycles. The van der Waals surface area contributed by atoms with E-state index in [2.05, 4.69) is 11.9 Å². The third-order valence-electron chi connectivity index (χ3n) is 2.89. The first-order chi connectivity index (χ1) is 7.74. The number of nitrogens with zero attached hydrogens (tertiary/aromatic N) is 1. The van der Waals surface area contributed by atoms with E-state index in [1.165, 1.54) is 0 Å². The van der Waals surface area contributed by atoms with Crippen LogP contribution in [-0.2, 0) is 0 Å². The average molecular weight is 219 g/mol. The zero-order valence-electron chi connectivity index (χ0n) is 9.99. The molecule has 86 valence electrons. The first kappa shape index (κ1) is 11.0. The Morgan fingerprint density at radius 3 is 2.62 bits per heavy atom. The van der Waals surface area contributed by atoms with Gasteiger partial charge in [0.1, 0.15) is 11.5 Å². The second-order valence-corrected chi connectivity index (χ2v) is 4.03. The van der Waals surface area contributed by atoms with E-state index in [1.54, 1.807) is 14.2 Å². The van der Waals surface area contributed by atoms with E-state index in [-0.39, 0.29) is 0 Å². The third kappa shape index (κ3) is 2.03. The molecule has 3 nitrogen and oxygen atoms in total. The molecule has 1 aliphatic rings. The second-order valence-electron chi connectivity index (χ2n) is 4.03. The van der Waals surface area contributed by atoms with Crippen LogP contribution in [0.3, 0.4) is 0 Å². The molecule has 0 aromatic heterocycles. The summed E-state index contributed by atoms with van der Waals surface area (Å²) in [5, 5.41) is 0. The number of rotatable bonds is 3. The van der Waals surface area contributed by atoms with Crippen molar-refractivity contribution < 1.29 is 9.47 Å². The molecule has 16 heavy (non-hydrogen) atoms. The molecule has 0 amide bonds. The quantitative estimate of drug-likeness (QED) is 0.782. The molecule has 1 aliphatic heterocycles. The molecule has 1 atom stereocenters. The lowest BCUT2D eigenvalue weighted by molar-refractivity contribution is 0.394. The Bertz CT molecular complexity index is 412. The highest BCUT2D eigenvalue weighted by atomic mass is 16.5. The fraction of sp³-hybridized carbons (Fsp3) is 0.462. The lowest BCUT2D eigenvalue weighted by Crippen LogP contribution is -2.00. The summed E-state index contributed by atoms with van der Waals surface area (Å²) in [6.45, 7) is 2.14. The van der Waals surface area contributed by atoms with Gasteiger partial charge >= 0.3 is 0 Å². The van der Waals surface area contributed by atoms with Crippen LogP contribution in [0.25, 0.3) is 0 Å². The Morgan fingerprint density at radius 1 is 1.25 bits per heavy atom. The van der Waals surface area contributed by atoms with Crippen molar-refractivity contribution in [2.45, 2.75) is 25.8 Å². The van der Waals surface area contributed by atoms with Gasteiger partial charge in [0.2, 0.25) is 0 Å². The smallest absolute Gasteiger partial charge is 0.131 e. The van der Waals surface area contributed by atoms with E-state index < -0.39 is 0 Å². The molecule has 0 spiro atoms. The largest absolute Gasteiger partial charge is 0.497 e. The SMILES string of the molecule is COc1ccc(C2=NC(C)CC2)c(OC)c1. The highest BCUT2D eigenvalue weighted by Crippen LogP contribution is 2.29. The van der Waals surface area contributed by atoms with E-state index in [0.29, 0.717) is 6.04 Å². The van der Waals surface area contributed by atoms with E-state index in [0.717, 1.165) is 35.6 Å². The summed E-state index contributed by atoms with van der Waals surface area (Å²) in [5.41, 5.74) is 2.24. The molecule has 1 heterocycles. The van der Waals surface area contributed by atoms with Gasteiger partial charge in [0.05, 0.1) is 14.2 Å². The molecule has 1 aromatic rings. The fourth-order valence-corrected chi connectivity index (χ4v) is 1.98. The standard InChI is InChI=1S/C13H17NO2/c1-9-4-7-12(14-9)11-6-5-10(15-2)8-13(11)16-3/h5-6,8-9H,4,7H2,1-3H3. The predicted molar refractivity (Wildman–Crippen MR) is 64.8 cm³/mol. The van der Waals surface area contributed by atoms with Gasteiger partial charge in [-0.3, -0.25) is 4.99 Å². The van der Waals surface area contributed by atoms with Gasteiger partial charge in [-0.15, -0.1) is 0 Å². The maximum Gasteiger partial charge on any atom is 0.131 e. The van der Waals surface area contributed by atoms with Crippen LogP contribution in [0.1, 0.15) is 25.3 Å². The van der Waals surface area contributed by atoms with Crippen LogP contribution in [0, 0.1) is 0 Å². The number of aliphatic imine (C=N–C) groups is 1. The maximum atomic E-state index is 5.37. The highest BCUT2D eigenvalue weighted by molar-refractivity contribution is 6.04. The molecule has 0 radical (unpaired) electrons. The molecule has 0 fully saturated rings. The fourth-order valence-electron chi connectivity index (χ4n) is 1.98. The van der Waals surface area contributed by atoms with Gasteiger partial charge in [0, 0.05) is 23.4 Å². The molecule has 2 rings (SSSR count). The van der Waals surface area contributed by atoms with Crippen molar-refractivity contribution in [3.05, 3.63) is 23.8 Å². The van der Waals surface area contributed by atoms with Crippen LogP contribution in [0.2, 0.25) is 0 Å². The number of methoxy groups -OCH3 is 2. The Balaban J connectivity index is 2.37. The molecule has 1 aromatic carbocycles. The van der Waals surface area contributed by atoms with Crippen LogP contribution in [0.15, 0.2) is 23.2 Å². The highest BCUT2D eigenvalue weighted by Gasteiger charge is 2.18. The predicted octanol–water partition coefficient (Wildman–Crippen LogP) is 2.68. The maximum absolute atomic E-state index is 5.37. The summed E-state index contributed by atoms with van der Waals surface area (Å²) in [6, 6.07) is 6.31. The van der Waals surface area contributed by atoms with Crippen molar-refractivity contribution in [3.63, 3.8) is 0 Å². The molecular weight excluding hydrogens is 202 g/mol. The molecule has 0 bridgehead atoms. The van der Waals surface area contributed by atoms with Crippen LogP contribution >= 0.6 is 0 Å². The van der Waals surface area contributed by atoms with Crippen molar-refractivity contribution in [2.75, 3.05) is 14.2 Å². The van der Waals surface area contributed by atoms with E-state index in [9.17, 15) is 0 Å². The summed E-state index contributed by atoms with van der Waals surface area (Å²) >= 11 is 0. The Morgan fingerprint density at radius 2 is 2.06 bits per heavy atom. The minimum Gasteiger partial charge on any atom is -0.497 e. The summed E-state index contributed by atoms with van der Waals surface area (Å²) in [4.78, 5) is 4.62. The van der Waals surface area contributed by atoms with E-state index in [1.807, 2.05) is 18.2 Å². The summed E-state index contributed by atoms with van der Waals surface area (Å²) in [5.74, 6) is 1.65. The van der Waals surface area contributed by atoms with Crippen molar-refractivity contribution in [1.82, 2.24) is 0 Å². The number of hydrogen-bond donors (Lipinski definition) is 0. The lowest BCUT2D eigenvalue weighted by atomic mass is 10.1. The first-order valence-corrected chi connectivity index (χ1v) is 5.53. The van der Waals surface area contributed by atoms with Crippen LogP contribution in [0.5, 0.6) is 11.5 Å². The van der Waals surface area contributed by atoms with Gasteiger partial charge in [-0.1, -0.05) is 0 Å². The third-order valence-corrected chi connectivity index (χ3v) is 2.89. The van der Waals surface area contributed by atoms with E-state index in [4.69, 9.17) is 9.47 Å². The first-order valence-electron chi connectivity index (χ1n) is 5.53. The van der Waals surface area contributed by atoms with Crippen molar-refractivity contribution in [2.24, 2.45) is 4.99 Å². The van der Waals surface area contributed by atoms with Crippen molar-refractivity contribution in [3.8, 4) is 11.5 Å². The minimum atomic E-state index is 0.432. The normalized spacial score (nSPS) is 19.4. The average Bonchev–Trinajstić information content (AvgIpc) is 2.74. The monoisotopic (exact) mass is 219 g/mol. The topological polar surface area (TPSA) is 30.8 Å². The Labute approximate surface area is 96.1 Å². The van der Waals surface area contributed by atoms with Gasteiger partial charge < -0.3 is 9.47 Å². The zero-order valence-corrected chi connectivity index (χ0v) is 9.99. The van der Waals surface area contributed by atoms with Crippen LogP contribution < -0.4 is 9.47 Å². The van der Waals surface area contributed by atoms with Crippen molar-refractivity contribution >= 4 is 5.71 Å². The van der Waals surface area contributed by atoms with E-state index >= 15 is 0 Å². The molecule has 0 saturated heterocycles. The summed E-state index contributed by atoms with van der Waals surface area (Å²) in [6.07, 6.45) is 2.16. The molecular formula is C13H17NO2. The minimum absolute atomic E-state index is 0.432. The lowest BCUT2D eigenvalue weighted by Gasteiger charge is -2.10. The number of hydrogen-bond acceptors (Lipinski definition) is 3. The summed E-state index contributed by atoms with van der Waals surface area (Å²) < 4.78 is 10.6. The van der Waals surface area contributed by atoms with Crippen LogP contribution in [0.4, 0.5) is 0 Å². The van der Waals surface area contributed by atoms with Gasteiger partial charge in [0.25, 0.3) is 0 Å². The Hall–Kier alpha value is -1.51. The van der Waals surface area contributed by atoms with Gasteiger partial charge in [-0.25, -0.2) is 0 Å². The molecule has 0 saturated carbocycles. The molecule has 1 unspecified atom stereocenters. The Kier molecular flexibility index (Phi) is 3.13. The molecule has 0 N–H and O–H groups in total. The van der Waals surface area contributed by atoms with Crippen LogP contribution in [-0.4, -0.2) is 26.0 Å². The second kappa shape index (κ2) is 4.56.